The molecule has 0 unspecified atom stereocenters. The number of likely N-dealkylation sites (tertiary alicyclic amines) is 1. The highest BCUT2D eigenvalue weighted by atomic mass is 16.2. The second kappa shape index (κ2) is 9.60. The number of nitrogens with zero attached hydrogens (tertiary/aromatic N) is 6. The Morgan fingerprint density at radius 2 is 2.00 bits per heavy atom. The number of piperidine rings is 1. The molecule has 2 aliphatic heterocycles. The highest BCUT2D eigenvalue weighted by Crippen LogP contribution is 2.24. The van der Waals surface area contributed by atoms with Gasteiger partial charge in [0, 0.05) is 70.2 Å². The molecule has 2 aromatic rings. The number of aromatic nitrogens is 3. The highest BCUT2D eigenvalue weighted by Gasteiger charge is 2.25. The van der Waals surface area contributed by atoms with Gasteiger partial charge in [-0.05, 0) is 50.8 Å². The second-order valence-electron chi connectivity index (χ2n) is 8.72. The van der Waals surface area contributed by atoms with Crippen LogP contribution in [-0.2, 0) is 18.4 Å². The van der Waals surface area contributed by atoms with E-state index in [4.69, 9.17) is 0 Å². The van der Waals surface area contributed by atoms with Crippen LogP contribution in [0.25, 0.3) is 0 Å². The van der Waals surface area contributed by atoms with Gasteiger partial charge in [0.2, 0.25) is 5.91 Å². The van der Waals surface area contributed by atoms with Crippen molar-refractivity contribution in [2.24, 2.45) is 13.0 Å². The monoisotopic (exact) mass is 410 g/mol. The van der Waals surface area contributed by atoms with E-state index in [0.29, 0.717) is 18.2 Å². The van der Waals surface area contributed by atoms with E-state index in [9.17, 15) is 4.79 Å². The zero-order valence-electron chi connectivity index (χ0n) is 18.3. The van der Waals surface area contributed by atoms with E-state index in [1.54, 1.807) is 0 Å². The van der Waals surface area contributed by atoms with Crippen LogP contribution in [-0.4, -0.2) is 69.7 Å². The molecule has 0 radical (unpaired) electrons. The summed E-state index contributed by atoms with van der Waals surface area (Å²) in [6, 6.07) is 6.00. The minimum atomic E-state index is 0.316. The maximum atomic E-state index is 12.8. The van der Waals surface area contributed by atoms with Crippen LogP contribution in [0.4, 0.5) is 5.82 Å². The van der Waals surface area contributed by atoms with Crippen molar-refractivity contribution < 1.29 is 4.79 Å². The molecule has 2 aliphatic rings. The Morgan fingerprint density at radius 1 is 1.17 bits per heavy atom. The highest BCUT2D eigenvalue weighted by molar-refractivity contribution is 5.76. The molecule has 7 heteroatoms. The average molecular weight is 411 g/mol. The molecule has 162 valence electrons. The van der Waals surface area contributed by atoms with Crippen LogP contribution in [0.3, 0.4) is 0 Å². The molecular weight excluding hydrogens is 376 g/mol. The van der Waals surface area contributed by atoms with Gasteiger partial charge < -0.3 is 9.80 Å². The lowest BCUT2D eigenvalue weighted by Gasteiger charge is -2.36. The Kier molecular flexibility index (Phi) is 6.67. The zero-order chi connectivity index (χ0) is 20.9. The number of hydrogen-bond donors (Lipinski definition) is 0. The maximum Gasteiger partial charge on any atom is 0.222 e. The summed E-state index contributed by atoms with van der Waals surface area (Å²) >= 11 is 0. The number of hydrogen-bond acceptors (Lipinski definition) is 5. The van der Waals surface area contributed by atoms with Gasteiger partial charge in [-0.1, -0.05) is 6.07 Å². The summed E-state index contributed by atoms with van der Waals surface area (Å²) < 4.78 is 1.95. The van der Waals surface area contributed by atoms with Crippen molar-refractivity contribution in [1.82, 2.24) is 24.6 Å². The first-order valence-electron chi connectivity index (χ1n) is 11.2. The Balaban J connectivity index is 1.21. The van der Waals surface area contributed by atoms with Crippen LogP contribution in [0.15, 0.2) is 30.6 Å². The first kappa shape index (κ1) is 20.8. The predicted molar refractivity (Wildman–Crippen MR) is 118 cm³/mol. The first-order chi connectivity index (χ1) is 14.6. The van der Waals surface area contributed by atoms with Gasteiger partial charge in [0.05, 0.1) is 6.20 Å². The average Bonchev–Trinajstić information content (AvgIpc) is 3.10. The summed E-state index contributed by atoms with van der Waals surface area (Å²) in [6.07, 6.45) is 7.96. The van der Waals surface area contributed by atoms with Gasteiger partial charge in [0.25, 0.3) is 0 Å². The number of carbonyl (C=O) groups excluding carboxylic acids is 1. The van der Waals surface area contributed by atoms with E-state index in [-0.39, 0.29) is 0 Å². The molecule has 30 heavy (non-hydrogen) atoms. The third-order valence-electron chi connectivity index (χ3n) is 6.71. The number of carbonyl (C=O) groups is 1. The lowest BCUT2D eigenvalue weighted by atomic mass is 9.93. The summed E-state index contributed by atoms with van der Waals surface area (Å²) in [5.41, 5.74) is 2.57. The summed E-state index contributed by atoms with van der Waals surface area (Å²) in [6.45, 7) is 8.67. The third-order valence-corrected chi connectivity index (χ3v) is 6.71. The number of piperazine rings is 1. The predicted octanol–water partition coefficient (Wildman–Crippen LogP) is 2.46. The fourth-order valence-electron chi connectivity index (χ4n) is 4.68. The molecule has 2 fully saturated rings. The van der Waals surface area contributed by atoms with E-state index in [1.165, 1.54) is 24.1 Å². The van der Waals surface area contributed by atoms with Gasteiger partial charge in [0.15, 0.2) is 0 Å². The van der Waals surface area contributed by atoms with Crippen molar-refractivity contribution in [2.75, 3.05) is 44.2 Å². The number of pyridine rings is 1. The van der Waals surface area contributed by atoms with E-state index in [2.05, 4.69) is 26.8 Å². The van der Waals surface area contributed by atoms with Crippen LogP contribution in [0.5, 0.6) is 0 Å². The van der Waals surface area contributed by atoms with Gasteiger partial charge in [0.1, 0.15) is 5.82 Å². The van der Waals surface area contributed by atoms with Crippen LogP contribution >= 0.6 is 0 Å². The standard InChI is InChI=1S/C23H34N6O/c1-19-21(16-25-26(19)2)18-27-11-5-6-20(17-27)8-9-23(30)29-14-12-28(13-15-29)22-7-3-4-10-24-22/h3-4,7,10,16,20H,5-6,8-9,11-15,17-18H2,1-2H3/t20-/m0/s1. The van der Waals surface area contributed by atoms with Crippen molar-refractivity contribution in [3.8, 4) is 0 Å². The van der Waals surface area contributed by atoms with Crippen molar-refractivity contribution >= 4 is 11.7 Å². The molecule has 0 aliphatic carbocycles. The normalized spacial score (nSPS) is 20.5. The van der Waals surface area contributed by atoms with Gasteiger partial charge in [-0.15, -0.1) is 0 Å². The zero-order valence-corrected chi connectivity index (χ0v) is 18.3. The number of anilines is 1. The first-order valence-corrected chi connectivity index (χ1v) is 11.2. The van der Waals surface area contributed by atoms with E-state index >= 15 is 0 Å². The summed E-state index contributed by atoms with van der Waals surface area (Å²) in [5.74, 6) is 1.95. The van der Waals surface area contributed by atoms with E-state index < -0.39 is 0 Å². The minimum Gasteiger partial charge on any atom is -0.353 e. The molecule has 4 heterocycles. The van der Waals surface area contributed by atoms with Crippen LogP contribution < -0.4 is 4.90 Å². The van der Waals surface area contributed by atoms with E-state index in [1.807, 2.05) is 47.2 Å². The molecule has 7 nitrogen and oxygen atoms in total. The second-order valence-corrected chi connectivity index (χ2v) is 8.72. The van der Waals surface area contributed by atoms with Crippen molar-refractivity contribution in [3.63, 3.8) is 0 Å². The Bertz CT molecular complexity index is 827. The molecule has 0 spiro atoms. The molecule has 2 aromatic heterocycles. The van der Waals surface area contributed by atoms with Crippen LogP contribution in [0.2, 0.25) is 0 Å². The lowest BCUT2D eigenvalue weighted by molar-refractivity contribution is -0.131. The molecule has 4 rings (SSSR count). The van der Waals surface area contributed by atoms with Crippen molar-refractivity contribution in [3.05, 3.63) is 41.9 Å². The van der Waals surface area contributed by atoms with E-state index in [0.717, 1.165) is 58.1 Å². The smallest absolute Gasteiger partial charge is 0.222 e. The fraction of sp³-hybridized carbons (Fsp3) is 0.609. The van der Waals surface area contributed by atoms with Crippen molar-refractivity contribution in [2.45, 2.75) is 39.2 Å². The van der Waals surface area contributed by atoms with Gasteiger partial charge in [-0.25, -0.2) is 4.98 Å². The lowest BCUT2D eigenvalue weighted by Crippen LogP contribution is -2.49. The fourth-order valence-corrected chi connectivity index (χ4v) is 4.68. The maximum absolute atomic E-state index is 12.8. The molecule has 0 N–H and O–H groups in total. The number of aryl methyl sites for hydroxylation is 1. The van der Waals surface area contributed by atoms with Crippen LogP contribution in [0, 0.1) is 12.8 Å². The molecule has 0 aromatic carbocycles. The molecule has 0 bridgehead atoms. The van der Waals surface area contributed by atoms with Gasteiger partial charge in [-0.2, -0.15) is 5.10 Å². The third kappa shape index (κ3) is 5.01. The molecular formula is C23H34N6O. The van der Waals surface area contributed by atoms with Gasteiger partial charge >= 0.3 is 0 Å². The summed E-state index contributed by atoms with van der Waals surface area (Å²) in [7, 11) is 2.00. The molecule has 1 atom stereocenters. The Labute approximate surface area is 179 Å². The number of amides is 1. The largest absolute Gasteiger partial charge is 0.353 e. The topological polar surface area (TPSA) is 57.5 Å². The quantitative estimate of drug-likeness (QED) is 0.732. The SMILES string of the molecule is Cc1c(CN2CCC[C@@H](CCC(=O)N3CCN(c4ccccn4)CC3)C2)cnn1C. The summed E-state index contributed by atoms with van der Waals surface area (Å²) in [5, 5.41) is 4.37. The molecule has 2 saturated heterocycles. The molecule has 0 saturated carbocycles. The Morgan fingerprint density at radius 3 is 2.70 bits per heavy atom. The minimum absolute atomic E-state index is 0.316. The molecule has 1 amide bonds. The van der Waals surface area contributed by atoms with Crippen molar-refractivity contribution in [1.29, 1.82) is 0 Å². The summed E-state index contributed by atoms with van der Waals surface area (Å²) in [4.78, 5) is 24.0. The number of rotatable bonds is 6. The Hall–Kier alpha value is -2.41. The van der Waals surface area contributed by atoms with Gasteiger partial charge in [-0.3, -0.25) is 14.4 Å². The van der Waals surface area contributed by atoms with Crippen LogP contribution in [0.1, 0.15) is 36.9 Å².